The number of rotatable bonds is 4. The van der Waals surface area contributed by atoms with Gasteiger partial charge in [0.25, 0.3) is 0 Å². The molecule has 0 unspecified atom stereocenters. The molecule has 0 aromatic rings. The van der Waals surface area contributed by atoms with Crippen molar-refractivity contribution in [2.75, 3.05) is 13.2 Å². The Morgan fingerprint density at radius 1 is 1.11 bits per heavy atom. The Balaban J connectivity index is 1.83. The van der Waals surface area contributed by atoms with E-state index in [1.165, 1.54) is 0 Å². The molecular formula is C13H21NO4. The van der Waals surface area contributed by atoms with E-state index < -0.39 is 11.9 Å². The fraction of sp³-hybridized carbons (Fsp3) is 0.846. The van der Waals surface area contributed by atoms with Crippen molar-refractivity contribution in [2.24, 2.45) is 11.8 Å². The van der Waals surface area contributed by atoms with Crippen molar-refractivity contribution in [3.05, 3.63) is 0 Å². The molecule has 2 aliphatic rings. The lowest BCUT2D eigenvalue weighted by molar-refractivity contribution is -0.149. The minimum atomic E-state index is -0.841. The zero-order chi connectivity index (χ0) is 13.0. The molecule has 5 heteroatoms. The smallest absolute Gasteiger partial charge is 0.307 e. The van der Waals surface area contributed by atoms with E-state index >= 15 is 0 Å². The van der Waals surface area contributed by atoms with Crippen LogP contribution < -0.4 is 5.32 Å². The molecule has 1 saturated heterocycles. The second kappa shape index (κ2) is 6.18. The number of nitrogens with one attached hydrogen (secondary N) is 1. The van der Waals surface area contributed by atoms with Crippen LogP contribution in [0.1, 0.15) is 38.5 Å². The first-order chi connectivity index (χ1) is 8.68. The Morgan fingerprint density at radius 2 is 1.83 bits per heavy atom. The van der Waals surface area contributed by atoms with Crippen molar-refractivity contribution >= 4 is 11.9 Å². The lowest BCUT2D eigenvalue weighted by Gasteiger charge is -2.27. The first-order valence-corrected chi connectivity index (χ1v) is 6.80. The number of ether oxygens (including phenoxy) is 1. The largest absolute Gasteiger partial charge is 0.481 e. The highest BCUT2D eigenvalue weighted by atomic mass is 16.5. The van der Waals surface area contributed by atoms with Gasteiger partial charge in [0.1, 0.15) is 0 Å². The van der Waals surface area contributed by atoms with Crippen LogP contribution in [0, 0.1) is 11.8 Å². The third kappa shape index (κ3) is 3.22. The van der Waals surface area contributed by atoms with E-state index in [2.05, 4.69) is 5.32 Å². The van der Waals surface area contributed by atoms with Gasteiger partial charge in [-0.15, -0.1) is 0 Å². The Labute approximate surface area is 107 Å². The summed E-state index contributed by atoms with van der Waals surface area (Å²) in [5.74, 6) is -1.83. The van der Waals surface area contributed by atoms with Gasteiger partial charge in [-0.25, -0.2) is 0 Å². The molecule has 3 atom stereocenters. The molecule has 2 fully saturated rings. The van der Waals surface area contributed by atoms with Gasteiger partial charge >= 0.3 is 5.97 Å². The van der Waals surface area contributed by atoms with Crippen LogP contribution in [0.5, 0.6) is 0 Å². The van der Waals surface area contributed by atoms with E-state index in [9.17, 15) is 9.59 Å². The quantitative estimate of drug-likeness (QED) is 0.790. The van der Waals surface area contributed by atoms with Gasteiger partial charge in [0.15, 0.2) is 0 Å². The van der Waals surface area contributed by atoms with E-state index in [-0.39, 0.29) is 17.9 Å². The monoisotopic (exact) mass is 255 g/mol. The molecule has 0 radical (unpaired) electrons. The number of carboxylic acid groups (broad SMARTS) is 1. The van der Waals surface area contributed by atoms with Crippen molar-refractivity contribution in [1.29, 1.82) is 0 Å². The topological polar surface area (TPSA) is 75.6 Å². The van der Waals surface area contributed by atoms with E-state index in [1.807, 2.05) is 0 Å². The highest BCUT2D eigenvalue weighted by Crippen LogP contribution is 2.30. The lowest BCUT2D eigenvalue weighted by atomic mass is 9.78. The van der Waals surface area contributed by atoms with Crippen LogP contribution in [-0.4, -0.2) is 36.2 Å². The fourth-order valence-electron chi connectivity index (χ4n) is 2.89. The van der Waals surface area contributed by atoms with Crippen LogP contribution in [0.4, 0.5) is 0 Å². The summed E-state index contributed by atoms with van der Waals surface area (Å²) >= 11 is 0. The first-order valence-electron chi connectivity index (χ1n) is 6.80. The minimum Gasteiger partial charge on any atom is -0.481 e. The third-order valence-electron chi connectivity index (χ3n) is 3.95. The molecule has 2 N–H and O–H groups in total. The standard InChI is InChI=1S/C13H21NO4/c15-12(14-8-9-4-3-7-18-9)10-5-1-2-6-11(10)13(16)17/h9-11H,1-8H2,(H,14,15)(H,16,17)/t9-,10+,11-/m1/s1. The summed E-state index contributed by atoms with van der Waals surface area (Å²) in [6.45, 7) is 1.28. The number of hydrogen-bond acceptors (Lipinski definition) is 3. The zero-order valence-electron chi connectivity index (χ0n) is 10.6. The van der Waals surface area contributed by atoms with Crippen molar-refractivity contribution in [3.8, 4) is 0 Å². The summed E-state index contributed by atoms with van der Waals surface area (Å²) in [6.07, 6.45) is 5.30. The van der Waals surface area contributed by atoms with Gasteiger partial charge in [-0.3, -0.25) is 9.59 Å². The third-order valence-corrected chi connectivity index (χ3v) is 3.95. The number of aliphatic carboxylic acids is 1. The van der Waals surface area contributed by atoms with Crippen LogP contribution in [-0.2, 0) is 14.3 Å². The number of carbonyl (C=O) groups is 2. The molecule has 1 aliphatic carbocycles. The van der Waals surface area contributed by atoms with E-state index in [1.54, 1.807) is 0 Å². The highest BCUT2D eigenvalue weighted by Gasteiger charge is 2.35. The molecule has 5 nitrogen and oxygen atoms in total. The van der Waals surface area contributed by atoms with E-state index in [0.717, 1.165) is 32.3 Å². The lowest BCUT2D eigenvalue weighted by Crippen LogP contribution is -2.42. The average Bonchev–Trinajstić information content (AvgIpc) is 2.89. The molecule has 0 spiro atoms. The number of carbonyl (C=O) groups excluding carboxylic acids is 1. The number of carboxylic acids is 1. The van der Waals surface area contributed by atoms with Crippen molar-refractivity contribution in [3.63, 3.8) is 0 Å². The van der Waals surface area contributed by atoms with Gasteiger partial charge in [-0.05, 0) is 25.7 Å². The van der Waals surface area contributed by atoms with Crippen molar-refractivity contribution in [2.45, 2.75) is 44.6 Å². The summed E-state index contributed by atoms with van der Waals surface area (Å²) < 4.78 is 5.43. The Morgan fingerprint density at radius 3 is 2.44 bits per heavy atom. The summed E-state index contributed by atoms with van der Waals surface area (Å²) in [5, 5.41) is 12.0. The average molecular weight is 255 g/mol. The van der Waals surface area contributed by atoms with Gasteiger partial charge < -0.3 is 15.2 Å². The van der Waals surface area contributed by atoms with E-state index in [4.69, 9.17) is 9.84 Å². The molecule has 1 aliphatic heterocycles. The van der Waals surface area contributed by atoms with Crippen molar-refractivity contribution < 1.29 is 19.4 Å². The zero-order valence-corrected chi connectivity index (χ0v) is 10.6. The Bertz CT molecular complexity index is 312. The fourth-order valence-corrected chi connectivity index (χ4v) is 2.89. The summed E-state index contributed by atoms with van der Waals surface area (Å²) in [4.78, 5) is 23.2. The Hall–Kier alpha value is -1.10. The van der Waals surface area contributed by atoms with Gasteiger partial charge in [-0.2, -0.15) is 0 Å². The molecule has 2 rings (SSSR count). The molecule has 1 heterocycles. The van der Waals surface area contributed by atoms with E-state index in [0.29, 0.717) is 19.4 Å². The normalized spacial score (nSPS) is 32.1. The van der Waals surface area contributed by atoms with Gasteiger partial charge in [-0.1, -0.05) is 12.8 Å². The maximum atomic E-state index is 12.0. The maximum Gasteiger partial charge on any atom is 0.307 e. The molecule has 102 valence electrons. The summed E-state index contributed by atoms with van der Waals surface area (Å²) in [6, 6.07) is 0. The molecule has 0 aromatic carbocycles. The Kier molecular flexibility index (Phi) is 4.58. The first kappa shape index (κ1) is 13.3. The van der Waals surface area contributed by atoms with Gasteiger partial charge in [0.2, 0.25) is 5.91 Å². The summed E-state index contributed by atoms with van der Waals surface area (Å²) in [7, 11) is 0. The molecular weight excluding hydrogens is 234 g/mol. The number of amides is 1. The van der Waals surface area contributed by atoms with Crippen LogP contribution in [0.2, 0.25) is 0 Å². The predicted octanol–water partition coefficient (Wildman–Crippen LogP) is 1.17. The van der Waals surface area contributed by atoms with Gasteiger partial charge in [0, 0.05) is 13.2 Å². The second-order valence-electron chi connectivity index (χ2n) is 5.22. The van der Waals surface area contributed by atoms with Crippen LogP contribution >= 0.6 is 0 Å². The maximum absolute atomic E-state index is 12.0. The SMILES string of the molecule is O=C(NC[C@H]1CCCO1)[C@H]1CCCC[C@H]1C(=O)O. The minimum absolute atomic E-state index is 0.112. The second-order valence-corrected chi connectivity index (χ2v) is 5.22. The van der Waals surface area contributed by atoms with Crippen LogP contribution in [0.25, 0.3) is 0 Å². The van der Waals surface area contributed by atoms with Crippen LogP contribution in [0.15, 0.2) is 0 Å². The molecule has 1 saturated carbocycles. The van der Waals surface area contributed by atoms with Gasteiger partial charge in [0.05, 0.1) is 17.9 Å². The predicted molar refractivity (Wildman–Crippen MR) is 65.1 cm³/mol. The van der Waals surface area contributed by atoms with Crippen LogP contribution in [0.3, 0.4) is 0 Å². The summed E-state index contributed by atoms with van der Waals surface area (Å²) in [5.41, 5.74) is 0. The molecule has 18 heavy (non-hydrogen) atoms. The molecule has 0 bridgehead atoms. The number of hydrogen-bond donors (Lipinski definition) is 2. The molecule has 1 amide bonds. The molecule has 0 aromatic heterocycles. The highest BCUT2D eigenvalue weighted by molar-refractivity contribution is 5.84. The van der Waals surface area contributed by atoms with Crippen molar-refractivity contribution in [1.82, 2.24) is 5.32 Å².